The molecule has 0 spiro atoms. The predicted octanol–water partition coefficient (Wildman–Crippen LogP) is 1.09. The summed E-state index contributed by atoms with van der Waals surface area (Å²) in [6.07, 6.45) is 2.69. The summed E-state index contributed by atoms with van der Waals surface area (Å²) in [6.45, 7) is 3.12. The summed E-state index contributed by atoms with van der Waals surface area (Å²) in [5.41, 5.74) is -1.88. The van der Waals surface area contributed by atoms with Crippen LogP contribution in [0.25, 0.3) is 0 Å². The van der Waals surface area contributed by atoms with Gasteiger partial charge in [-0.25, -0.2) is 28.0 Å². The third kappa shape index (κ3) is 5.20. The molecule has 0 aliphatic rings. The Kier molecular flexibility index (Phi) is 6.89. The van der Waals surface area contributed by atoms with Crippen LogP contribution >= 0.6 is 0 Å². The summed E-state index contributed by atoms with van der Waals surface area (Å²) in [5.74, 6) is -5.48. The number of aliphatic hydroxyl groups is 1. The second-order valence-electron chi connectivity index (χ2n) is 6.15. The van der Waals surface area contributed by atoms with Crippen molar-refractivity contribution in [2.75, 3.05) is 0 Å². The highest BCUT2D eigenvalue weighted by Crippen LogP contribution is 2.38. The van der Waals surface area contributed by atoms with E-state index in [9.17, 15) is 13.9 Å². The highest BCUT2D eigenvalue weighted by atomic mass is 19.1. The Labute approximate surface area is 167 Å². The molecule has 30 heavy (non-hydrogen) atoms. The van der Waals surface area contributed by atoms with E-state index in [-0.39, 0.29) is 17.9 Å². The first-order valence-electron chi connectivity index (χ1n) is 8.31. The number of hydrogen-bond donors (Lipinski definition) is 3. The van der Waals surface area contributed by atoms with Gasteiger partial charge in [0.25, 0.3) is 0 Å². The Hall–Kier alpha value is -3.74. The second-order valence-corrected chi connectivity index (χ2v) is 6.15. The third-order valence-electron chi connectivity index (χ3n) is 4.10. The molecule has 0 aliphatic heterocycles. The molecule has 2 heterocycles. The number of aromatic nitrogens is 5. The number of hydrogen-bond acceptors (Lipinski definition) is 8. The average molecular weight is 425 g/mol. The van der Waals surface area contributed by atoms with E-state index in [0.717, 1.165) is 12.1 Å². The predicted molar refractivity (Wildman–Crippen MR) is 93.0 cm³/mol. The van der Waals surface area contributed by atoms with E-state index in [0.29, 0.717) is 5.89 Å². The van der Waals surface area contributed by atoms with Crippen molar-refractivity contribution in [3.63, 3.8) is 0 Å². The Bertz CT molecular complexity index is 1010. The number of nitrogens with zero attached hydrogens (tertiary/aromatic N) is 5. The van der Waals surface area contributed by atoms with Gasteiger partial charge in [-0.2, -0.15) is 10.1 Å². The van der Waals surface area contributed by atoms with Gasteiger partial charge in [0.2, 0.25) is 5.89 Å². The van der Waals surface area contributed by atoms with Crippen LogP contribution < -0.4 is 0 Å². The molecule has 3 rings (SSSR count). The van der Waals surface area contributed by atoms with Gasteiger partial charge in [-0.1, -0.05) is 18.1 Å². The largest absolute Gasteiger partial charge is 0.473 e. The Morgan fingerprint density at radius 3 is 2.40 bits per heavy atom. The smallest absolute Gasteiger partial charge is 0.414 e. The zero-order valence-electron chi connectivity index (χ0n) is 15.7. The van der Waals surface area contributed by atoms with Gasteiger partial charge in [0.15, 0.2) is 5.82 Å². The maximum Gasteiger partial charge on any atom is 0.414 e. The SMILES string of the molecule is Cc1nc(C(C)C(O)(Cn2cncn2)c2ccc(F)cc2F)no1.O=C(O)C(=O)O. The molecule has 13 heteroatoms. The zero-order valence-corrected chi connectivity index (χ0v) is 15.7. The molecule has 3 aromatic rings. The lowest BCUT2D eigenvalue weighted by Gasteiger charge is -2.33. The lowest BCUT2D eigenvalue weighted by atomic mass is 9.81. The van der Waals surface area contributed by atoms with Gasteiger partial charge in [0.05, 0.1) is 12.5 Å². The van der Waals surface area contributed by atoms with Crippen LogP contribution in [0, 0.1) is 18.6 Å². The number of rotatable bonds is 5. The van der Waals surface area contributed by atoms with Gasteiger partial charge in [0.1, 0.15) is 29.9 Å². The Morgan fingerprint density at radius 1 is 1.27 bits per heavy atom. The fourth-order valence-electron chi connectivity index (χ4n) is 2.56. The van der Waals surface area contributed by atoms with Gasteiger partial charge in [-0.3, -0.25) is 0 Å². The molecule has 0 saturated heterocycles. The van der Waals surface area contributed by atoms with E-state index < -0.39 is 35.1 Å². The van der Waals surface area contributed by atoms with Crippen molar-refractivity contribution in [2.45, 2.75) is 31.9 Å². The van der Waals surface area contributed by atoms with Crippen LogP contribution in [0.5, 0.6) is 0 Å². The first-order valence-corrected chi connectivity index (χ1v) is 8.31. The van der Waals surface area contributed by atoms with E-state index in [1.54, 1.807) is 13.8 Å². The zero-order chi connectivity index (χ0) is 22.5. The van der Waals surface area contributed by atoms with Crippen molar-refractivity contribution in [3.8, 4) is 0 Å². The molecule has 2 atom stereocenters. The van der Waals surface area contributed by atoms with Crippen molar-refractivity contribution < 1.29 is 38.2 Å². The maximum atomic E-state index is 14.3. The molecule has 0 saturated carbocycles. The highest BCUT2D eigenvalue weighted by molar-refractivity contribution is 6.27. The summed E-state index contributed by atoms with van der Waals surface area (Å²) in [7, 11) is 0. The number of benzene rings is 1. The fourth-order valence-corrected chi connectivity index (χ4v) is 2.56. The molecule has 0 fully saturated rings. The quantitative estimate of drug-likeness (QED) is 0.504. The van der Waals surface area contributed by atoms with Crippen LogP contribution in [-0.4, -0.2) is 52.2 Å². The second kappa shape index (κ2) is 9.17. The van der Waals surface area contributed by atoms with Gasteiger partial charge < -0.3 is 19.8 Å². The molecule has 0 amide bonds. The molecule has 11 nitrogen and oxygen atoms in total. The number of aliphatic carboxylic acids is 2. The molecule has 3 N–H and O–H groups in total. The van der Waals surface area contributed by atoms with Gasteiger partial charge in [-0.15, -0.1) is 0 Å². The Balaban J connectivity index is 0.000000469. The van der Waals surface area contributed by atoms with E-state index in [1.807, 2.05) is 0 Å². The lowest BCUT2D eigenvalue weighted by molar-refractivity contribution is -0.159. The molecule has 0 bridgehead atoms. The molecule has 2 unspecified atom stereocenters. The summed E-state index contributed by atoms with van der Waals surface area (Å²) in [4.78, 5) is 26.1. The molecule has 160 valence electrons. The average Bonchev–Trinajstić information content (AvgIpc) is 3.33. The third-order valence-corrected chi connectivity index (χ3v) is 4.10. The van der Waals surface area contributed by atoms with Crippen molar-refractivity contribution in [1.82, 2.24) is 24.9 Å². The van der Waals surface area contributed by atoms with Crippen molar-refractivity contribution in [2.24, 2.45) is 0 Å². The van der Waals surface area contributed by atoms with Crippen LogP contribution in [0.4, 0.5) is 8.78 Å². The van der Waals surface area contributed by atoms with Gasteiger partial charge in [-0.05, 0) is 6.07 Å². The number of carboxylic acids is 2. The van der Waals surface area contributed by atoms with Crippen molar-refractivity contribution in [3.05, 3.63) is 59.8 Å². The highest BCUT2D eigenvalue weighted by Gasteiger charge is 2.42. The van der Waals surface area contributed by atoms with Crippen LogP contribution in [0.15, 0.2) is 35.4 Å². The fraction of sp³-hybridized carbons (Fsp3) is 0.294. The monoisotopic (exact) mass is 425 g/mol. The minimum atomic E-state index is -1.82. The van der Waals surface area contributed by atoms with E-state index in [4.69, 9.17) is 24.3 Å². The molecule has 2 aromatic heterocycles. The molecule has 1 aromatic carbocycles. The summed E-state index contributed by atoms with van der Waals surface area (Å²) in [5, 5.41) is 33.8. The number of aryl methyl sites for hydroxylation is 1. The van der Waals surface area contributed by atoms with Crippen LogP contribution in [0.1, 0.15) is 30.1 Å². The number of carbonyl (C=O) groups is 2. The summed E-state index contributed by atoms with van der Waals surface area (Å²) >= 11 is 0. The molecular formula is C17H17F2N5O6. The first kappa shape index (κ1) is 22.5. The standard InChI is InChI=1S/C15H15F2N5O2.C2H2O4/c1-9(14-20-10(2)24-21-14)15(23,6-22-8-18-7-19-22)12-4-3-11(16)5-13(12)17;3-1(4)2(5)6/h3-5,7-9,23H,6H2,1-2H3;(H,3,4)(H,5,6). The maximum absolute atomic E-state index is 14.3. The van der Waals surface area contributed by atoms with Crippen LogP contribution in [0.2, 0.25) is 0 Å². The Morgan fingerprint density at radius 2 is 1.93 bits per heavy atom. The van der Waals surface area contributed by atoms with Crippen LogP contribution in [0.3, 0.4) is 0 Å². The van der Waals surface area contributed by atoms with Crippen LogP contribution in [-0.2, 0) is 21.7 Å². The first-order chi connectivity index (χ1) is 14.0. The normalized spacial score (nSPS) is 13.6. The van der Waals surface area contributed by atoms with E-state index in [1.165, 1.54) is 23.4 Å². The van der Waals surface area contributed by atoms with Gasteiger partial charge in [0, 0.05) is 18.6 Å². The topological polar surface area (TPSA) is 164 Å². The molecule has 0 aliphatic carbocycles. The molecular weight excluding hydrogens is 408 g/mol. The lowest BCUT2D eigenvalue weighted by Crippen LogP contribution is -2.38. The van der Waals surface area contributed by atoms with E-state index >= 15 is 0 Å². The minimum absolute atomic E-state index is 0.0886. The summed E-state index contributed by atoms with van der Waals surface area (Å²) in [6, 6.07) is 3.00. The van der Waals surface area contributed by atoms with Crippen molar-refractivity contribution >= 4 is 11.9 Å². The minimum Gasteiger partial charge on any atom is -0.473 e. The van der Waals surface area contributed by atoms with E-state index in [2.05, 4.69) is 20.2 Å². The number of halogens is 2. The summed E-state index contributed by atoms with van der Waals surface area (Å²) < 4.78 is 33.9. The van der Waals surface area contributed by atoms with Crippen molar-refractivity contribution in [1.29, 1.82) is 0 Å². The molecule has 0 radical (unpaired) electrons. The van der Waals surface area contributed by atoms with Gasteiger partial charge >= 0.3 is 11.9 Å². The number of carboxylic acid groups (broad SMARTS) is 2.